The number of ether oxygens (including phenoxy) is 2. The van der Waals surface area contributed by atoms with E-state index < -0.39 is 29.7 Å². The average Bonchev–Trinajstić information content (AvgIpc) is 2.38. The van der Waals surface area contributed by atoms with Crippen molar-refractivity contribution in [2.75, 3.05) is 0 Å². The van der Waals surface area contributed by atoms with Crippen LogP contribution in [0.5, 0.6) is 0 Å². The van der Waals surface area contributed by atoms with Gasteiger partial charge in [0.1, 0.15) is 13.1 Å². The highest BCUT2D eigenvalue weighted by Gasteiger charge is 2.16. The van der Waals surface area contributed by atoms with Crippen molar-refractivity contribution in [3.8, 4) is 0 Å². The predicted octanol–water partition coefficient (Wildman–Crippen LogP) is 0.222. The smallest absolute Gasteiger partial charge is 0.332 e. The Kier molecular flexibility index (Phi) is 6.29. The fourth-order valence-corrected chi connectivity index (χ4v) is 1.92. The zero-order chi connectivity index (χ0) is 17.7. The molecule has 8 nitrogen and oxygen atoms in total. The molecule has 0 bridgehead atoms. The third-order valence-electron chi connectivity index (χ3n) is 2.79. The molecule has 1 rings (SSSR count). The maximum atomic E-state index is 12.4. The second kappa shape index (κ2) is 7.75. The molecule has 0 N–H and O–H groups in total. The zero-order valence-corrected chi connectivity index (χ0v) is 14.0. The number of hydrogen-bond donors (Lipinski definition) is 0. The minimum absolute atomic E-state index is 0.314. The fourth-order valence-electron chi connectivity index (χ4n) is 1.92. The third kappa shape index (κ3) is 5.39. The van der Waals surface area contributed by atoms with Gasteiger partial charge in [-0.3, -0.25) is 19.0 Å². The lowest BCUT2D eigenvalue weighted by molar-refractivity contribution is -0.148. The molecule has 8 heteroatoms. The molecular weight excluding hydrogens is 304 g/mol. The first-order valence-corrected chi connectivity index (χ1v) is 7.32. The van der Waals surface area contributed by atoms with Crippen LogP contribution in [0.2, 0.25) is 0 Å². The molecule has 1 aromatic heterocycles. The molecule has 0 aromatic carbocycles. The molecule has 23 heavy (non-hydrogen) atoms. The van der Waals surface area contributed by atoms with Crippen LogP contribution in [0.1, 0.15) is 33.4 Å². The summed E-state index contributed by atoms with van der Waals surface area (Å²) in [6, 6.07) is 1.19. The van der Waals surface area contributed by atoms with Gasteiger partial charge in [-0.05, 0) is 34.6 Å². The Labute approximate surface area is 133 Å². The van der Waals surface area contributed by atoms with Crippen molar-refractivity contribution in [2.45, 2.75) is 59.9 Å². The molecule has 0 saturated carbocycles. The first-order valence-electron chi connectivity index (χ1n) is 7.32. The van der Waals surface area contributed by atoms with Crippen LogP contribution in [0.25, 0.3) is 0 Å². The summed E-state index contributed by atoms with van der Waals surface area (Å²) in [6.45, 7) is 7.40. The Morgan fingerprint density at radius 3 is 1.83 bits per heavy atom. The summed E-state index contributed by atoms with van der Waals surface area (Å²) in [5.74, 6) is -1.29. The SMILES string of the molecule is Cc1cc(=O)n(CC(=O)OC(C)C)c(=O)n1CC(=O)OC(C)C. The lowest BCUT2D eigenvalue weighted by Crippen LogP contribution is -2.43. The summed E-state index contributed by atoms with van der Waals surface area (Å²) >= 11 is 0. The van der Waals surface area contributed by atoms with Gasteiger partial charge in [-0.2, -0.15) is 0 Å². The Morgan fingerprint density at radius 2 is 1.39 bits per heavy atom. The molecule has 0 saturated heterocycles. The largest absolute Gasteiger partial charge is 0.462 e. The summed E-state index contributed by atoms with van der Waals surface area (Å²) in [5.41, 5.74) is -1.06. The number of carbonyl (C=O) groups excluding carboxylic acids is 2. The summed E-state index contributed by atoms with van der Waals surface area (Å²) in [4.78, 5) is 47.7. The van der Waals surface area contributed by atoms with Crippen LogP contribution in [0.3, 0.4) is 0 Å². The van der Waals surface area contributed by atoms with E-state index in [0.29, 0.717) is 5.69 Å². The molecular formula is C15H22N2O6. The highest BCUT2D eigenvalue weighted by atomic mass is 16.5. The second-order valence-electron chi connectivity index (χ2n) is 5.66. The van der Waals surface area contributed by atoms with E-state index in [1.54, 1.807) is 27.7 Å². The van der Waals surface area contributed by atoms with Crippen LogP contribution in [0.4, 0.5) is 0 Å². The Hall–Kier alpha value is -2.38. The molecule has 0 radical (unpaired) electrons. The number of aryl methyl sites for hydroxylation is 1. The molecule has 1 aromatic rings. The van der Waals surface area contributed by atoms with Crippen LogP contribution in [-0.4, -0.2) is 33.3 Å². The topological polar surface area (TPSA) is 96.6 Å². The van der Waals surface area contributed by atoms with Gasteiger partial charge < -0.3 is 9.47 Å². The molecule has 0 fully saturated rings. The molecule has 0 spiro atoms. The maximum Gasteiger partial charge on any atom is 0.332 e. The molecule has 0 atom stereocenters. The van der Waals surface area contributed by atoms with Crippen molar-refractivity contribution >= 4 is 11.9 Å². The van der Waals surface area contributed by atoms with Crippen molar-refractivity contribution in [3.05, 3.63) is 32.6 Å². The normalized spacial score (nSPS) is 10.9. The van der Waals surface area contributed by atoms with Gasteiger partial charge in [0.15, 0.2) is 0 Å². The van der Waals surface area contributed by atoms with E-state index in [1.165, 1.54) is 13.0 Å². The van der Waals surface area contributed by atoms with E-state index in [4.69, 9.17) is 9.47 Å². The van der Waals surface area contributed by atoms with Crippen LogP contribution >= 0.6 is 0 Å². The Morgan fingerprint density at radius 1 is 0.957 bits per heavy atom. The number of esters is 2. The number of nitrogens with zero attached hydrogens (tertiary/aromatic N) is 2. The van der Waals surface area contributed by atoms with Gasteiger partial charge in [-0.15, -0.1) is 0 Å². The first kappa shape index (κ1) is 18.7. The minimum Gasteiger partial charge on any atom is -0.462 e. The monoisotopic (exact) mass is 326 g/mol. The maximum absolute atomic E-state index is 12.4. The van der Waals surface area contributed by atoms with Gasteiger partial charge in [0.2, 0.25) is 0 Å². The van der Waals surface area contributed by atoms with Crippen LogP contribution < -0.4 is 11.2 Å². The van der Waals surface area contributed by atoms with Crippen LogP contribution in [0, 0.1) is 6.92 Å². The molecule has 0 amide bonds. The molecule has 0 unspecified atom stereocenters. The Balaban J connectivity index is 3.12. The molecule has 0 aliphatic heterocycles. The zero-order valence-electron chi connectivity index (χ0n) is 14.0. The number of hydrogen-bond acceptors (Lipinski definition) is 6. The van der Waals surface area contributed by atoms with Crippen LogP contribution in [-0.2, 0) is 32.2 Å². The van der Waals surface area contributed by atoms with Gasteiger partial charge in [-0.25, -0.2) is 9.36 Å². The van der Waals surface area contributed by atoms with Gasteiger partial charge >= 0.3 is 17.6 Å². The number of carbonyl (C=O) groups is 2. The minimum atomic E-state index is -0.753. The lowest BCUT2D eigenvalue weighted by Gasteiger charge is -2.14. The van der Waals surface area contributed by atoms with Gasteiger partial charge in [0.05, 0.1) is 12.2 Å². The van der Waals surface area contributed by atoms with Gasteiger partial charge in [-0.1, -0.05) is 0 Å². The highest BCUT2D eigenvalue weighted by Crippen LogP contribution is 1.96. The second-order valence-corrected chi connectivity index (χ2v) is 5.66. The van der Waals surface area contributed by atoms with E-state index in [9.17, 15) is 19.2 Å². The van der Waals surface area contributed by atoms with Crippen molar-refractivity contribution in [2.24, 2.45) is 0 Å². The van der Waals surface area contributed by atoms with Gasteiger partial charge in [0.25, 0.3) is 5.56 Å². The molecule has 1 heterocycles. The molecule has 128 valence electrons. The van der Waals surface area contributed by atoms with Crippen LogP contribution in [0.15, 0.2) is 15.7 Å². The summed E-state index contributed by atoms with van der Waals surface area (Å²) in [7, 11) is 0. The fraction of sp³-hybridized carbons (Fsp3) is 0.600. The standard InChI is InChI=1S/C15H22N2O6/c1-9(2)22-13(19)7-16-11(5)6-12(18)17(15(16)21)8-14(20)23-10(3)4/h6,9-10H,7-8H2,1-5H3. The predicted molar refractivity (Wildman–Crippen MR) is 82.2 cm³/mol. The highest BCUT2D eigenvalue weighted by molar-refractivity contribution is 5.70. The van der Waals surface area contributed by atoms with Crippen molar-refractivity contribution in [1.82, 2.24) is 9.13 Å². The van der Waals surface area contributed by atoms with E-state index in [-0.39, 0.29) is 18.8 Å². The Bertz CT molecular complexity index is 699. The summed E-state index contributed by atoms with van der Waals surface area (Å²) in [5, 5.41) is 0. The first-order chi connectivity index (χ1) is 10.6. The van der Waals surface area contributed by atoms with Crippen molar-refractivity contribution < 1.29 is 19.1 Å². The summed E-state index contributed by atoms with van der Waals surface area (Å²) < 4.78 is 11.7. The van der Waals surface area contributed by atoms with E-state index in [1.807, 2.05) is 0 Å². The molecule has 0 aliphatic carbocycles. The lowest BCUT2D eigenvalue weighted by atomic mass is 10.4. The quantitative estimate of drug-likeness (QED) is 0.694. The number of rotatable bonds is 6. The van der Waals surface area contributed by atoms with Crippen molar-refractivity contribution in [3.63, 3.8) is 0 Å². The average molecular weight is 326 g/mol. The van der Waals surface area contributed by atoms with Crippen molar-refractivity contribution in [1.29, 1.82) is 0 Å². The summed E-state index contributed by atoms with van der Waals surface area (Å²) in [6.07, 6.45) is -0.669. The van der Waals surface area contributed by atoms with E-state index >= 15 is 0 Å². The number of aromatic nitrogens is 2. The third-order valence-corrected chi connectivity index (χ3v) is 2.79. The van der Waals surface area contributed by atoms with Gasteiger partial charge in [0, 0.05) is 11.8 Å². The molecule has 0 aliphatic rings. The van der Waals surface area contributed by atoms with E-state index in [0.717, 1.165) is 9.13 Å². The van der Waals surface area contributed by atoms with E-state index in [2.05, 4.69) is 0 Å².